The molecule has 5 atom stereocenters. The topological polar surface area (TPSA) is 158 Å². The highest BCUT2D eigenvalue weighted by molar-refractivity contribution is 5.91. The van der Waals surface area contributed by atoms with Gasteiger partial charge in [-0.05, 0) is 83.2 Å². The fourth-order valence-electron chi connectivity index (χ4n) is 8.41. The number of alkyl carbamates (subject to hydrolysis) is 1. The maximum atomic E-state index is 13.7. The van der Waals surface area contributed by atoms with Gasteiger partial charge < -0.3 is 39.9 Å². The quantitative estimate of drug-likeness (QED) is 0.0874. The number of methoxy groups -OCH3 is 2. The Morgan fingerprint density at radius 2 is 1.27 bits per heavy atom. The average Bonchev–Trinajstić information content (AvgIpc) is 4.08. The van der Waals surface area contributed by atoms with Gasteiger partial charge in [-0.15, -0.1) is 0 Å². The molecule has 4 heterocycles. The number of hydrogen-bond acceptors (Lipinski definition) is 8. The van der Waals surface area contributed by atoms with Gasteiger partial charge >= 0.3 is 6.09 Å². The van der Waals surface area contributed by atoms with Crippen molar-refractivity contribution in [3.05, 3.63) is 97.2 Å². The van der Waals surface area contributed by atoms with Gasteiger partial charge in [0.1, 0.15) is 23.7 Å². The van der Waals surface area contributed by atoms with Gasteiger partial charge in [0.05, 0.1) is 50.1 Å². The van der Waals surface area contributed by atoms with Crippen molar-refractivity contribution in [2.24, 2.45) is 17.8 Å². The van der Waals surface area contributed by atoms with Gasteiger partial charge in [0, 0.05) is 18.7 Å². The first-order valence-electron chi connectivity index (χ1n) is 20.5. The van der Waals surface area contributed by atoms with Crippen LogP contribution in [0.25, 0.3) is 44.4 Å². The van der Waals surface area contributed by atoms with Crippen molar-refractivity contribution in [3.63, 3.8) is 0 Å². The molecular weight excluding hydrogens is 745 g/mol. The van der Waals surface area contributed by atoms with E-state index in [1.165, 1.54) is 7.11 Å². The second kappa shape index (κ2) is 17.4. The van der Waals surface area contributed by atoms with Crippen LogP contribution in [0.4, 0.5) is 4.79 Å². The van der Waals surface area contributed by atoms with Crippen LogP contribution in [0.1, 0.15) is 77.6 Å². The van der Waals surface area contributed by atoms with Crippen LogP contribution in [0.3, 0.4) is 0 Å². The molecule has 2 aromatic heterocycles. The van der Waals surface area contributed by atoms with Gasteiger partial charge in [-0.1, -0.05) is 83.1 Å². The zero-order valence-electron chi connectivity index (χ0n) is 35.0. The van der Waals surface area contributed by atoms with Crippen LogP contribution in [0, 0.1) is 17.8 Å². The average molecular weight is 801 g/mol. The van der Waals surface area contributed by atoms with Crippen LogP contribution in [0.5, 0.6) is 0 Å². The Hall–Kier alpha value is -6.11. The molecule has 2 saturated heterocycles. The second-order valence-corrected chi connectivity index (χ2v) is 16.6. The molecule has 7 rings (SSSR count). The number of fused-ring (bicyclic) bond motifs is 1. The molecule has 59 heavy (non-hydrogen) atoms. The van der Waals surface area contributed by atoms with Gasteiger partial charge in [-0.3, -0.25) is 9.59 Å². The van der Waals surface area contributed by atoms with E-state index < -0.39 is 18.2 Å². The number of nitrogens with zero attached hydrogens (tertiary/aromatic N) is 4. The third-order valence-corrected chi connectivity index (χ3v) is 11.7. The minimum atomic E-state index is -0.693. The first kappa shape index (κ1) is 41.1. The van der Waals surface area contributed by atoms with E-state index in [1.54, 1.807) is 7.11 Å². The minimum Gasteiger partial charge on any atom is -0.483 e. The van der Waals surface area contributed by atoms with E-state index in [4.69, 9.17) is 19.4 Å². The molecule has 13 nitrogen and oxygen atoms in total. The highest BCUT2D eigenvalue weighted by Crippen LogP contribution is 2.37. The number of H-pyrrole nitrogens is 2. The number of nitrogens with one attached hydrogen (secondary N) is 4. The molecule has 0 saturated carbocycles. The molecule has 0 bridgehead atoms. The molecule has 13 heteroatoms. The lowest BCUT2D eigenvalue weighted by atomic mass is 9.98. The predicted octanol–water partition coefficient (Wildman–Crippen LogP) is 7.97. The Bertz CT molecular complexity index is 2310. The number of aromatic nitrogens is 4. The molecule has 3 aromatic carbocycles. The monoisotopic (exact) mass is 800 g/mol. The predicted molar refractivity (Wildman–Crippen MR) is 229 cm³/mol. The van der Waals surface area contributed by atoms with Crippen LogP contribution in [0.15, 0.2) is 85.5 Å². The van der Waals surface area contributed by atoms with Crippen molar-refractivity contribution < 1.29 is 23.9 Å². The molecular formula is C46H56N8O5. The van der Waals surface area contributed by atoms with Crippen LogP contribution in [0.2, 0.25) is 0 Å². The number of carbonyl (C=O) groups is 3. The summed E-state index contributed by atoms with van der Waals surface area (Å²) in [4.78, 5) is 59.7. The maximum absolute atomic E-state index is 13.7. The van der Waals surface area contributed by atoms with Crippen molar-refractivity contribution in [1.82, 2.24) is 40.4 Å². The number of rotatable bonds is 13. The Balaban J connectivity index is 1.03. The zero-order valence-corrected chi connectivity index (χ0v) is 35.0. The van der Waals surface area contributed by atoms with Gasteiger partial charge in [0.25, 0.3) is 0 Å². The third kappa shape index (κ3) is 8.69. The van der Waals surface area contributed by atoms with E-state index in [0.29, 0.717) is 19.0 Å². The molecule has 4 N–H and O–H groups in total. The number of carbonyl (C=O) groups excluding carboxylic acids is 3. The summed E-state index contributed by atoms with van der Waals surface area (Å²) in [6.45, 7) is 15.1. The molecule has 2 aliphatic rings. The number of likely N-dealkylation sites (tertiary alicyclic amines) is 2. The summed E-state index contributed by atoms with van der Waals surface area (Å²) >= 11 is 0. The van der Waals surface area contributed by atoms with Gasteiger partial charge in [-0.25, -0.2) is 14.8 Å². The van der Waals surface area contributed by atoms with E-state index in [0.717, 1.165) is 75.3 Å². The number of ether oxygens (including phenoxy) is 2. The summed E-state index contributed by atoms with van der Waals surface area (Å²) in [7, 11) is 2.84. The fourth-order valence-corrected chi connectivity index (χ4v) is 8.41. The van der Waals surface area contributed by atoms with E-state index in [-0.39, 0.29) is 41.7 Å². The second-order valence-electron chi connectivity index (χ2n) is 16.6. The first-order chi connectivity index (χ1) is 28.3. The van der Waals surface area contributed by atoms with Crippen LogP contribution >= 0.6 is 0 Å². The normalized spacial score (nSPS) is 19.0. The van der Waals surface area contributed by atoms with Crippen molar-refractivity contribution in [2.45, 2.75) is 78.0 Å². The van der Waals surface area contributed by atoms with Gasteiger partial charge in [0.15, 0.2) is 5.88 Å². The van der Waals surface area contributed by atoms with Crippen LogP contribution in [-0.2, 0) is 19.1 Å². The number of amides is 3. The fraction of sp³-hybridized carbons (Fsp3) is 0.413. The summed E-state index contributed by atoms with van der Waals surface area (Å²) in [6.07, 6.45) is 5.60. The van der Waals surface area contributed by atoms with Crippen LogP contribution in [-0.4, -0.2) is 87.0 Å². The Kier molecular flexibility index (Phi) is 12.1. The number of aromatic amines is 2. The smallest absolute Gasteiger partial charge is 0.407 e. The van der Waals surface area contributed by atoms with Gasteiger partial charge in [-0.2, -0.15) is 0 Å². The Morgan fingerprint density at radius 3 is 1.90 bits per heavy atom. The summed E-state index contributed by atoms with van der Waals surface area (Å²) in [5, 5.41) is 8.10. The minimum absolute atomic E-state index is 0.0220. The molecule has 2 aliphatic heterocycles. The Morgan fingerprint density at radius 1 is 0.729 bits per heavy atom. The summed E-state index contributed by atoms with van der Waals surface area (Å²) in [5.74, 6) is 2.02. The number of imidazole rings is 2. The highest BCUT2D eigenvalue weighted by atomic mass is 16.5. The highest BCUT2D eigenvalue weighted by Gasteiger charge is 2.40. The molecule has 0 aliphatic carbocycles. The lowest BCUT2D eigenvalue weighted by molar-refractivity contribution is -0.136. The largest absolute Gasteiger partial charge is 0.483 e. The number of hydrogen-bond donors (Lipinski definition) is 4. The number of benzene rings is 3. The molecule has 0 radical (unpaired) electrons. The molecule has 310 valence electrons. The third-order valence-electron chi connectivity index (χ3n) is 11.7. The zero-order chi connectivity index (χ0) is 42.0. The van der Waals surface area contributed by atoms with Crippen LogP contribution < -0.4 is 10.6 Å². The first-order valence-corrected chi connectivity index (χ1v) is 20.5. The maximum Gasteiger partial charge on any atom is 0.407 e. The van der Waals surface area contributed by atoms with E-state index in [2.05, 4.69) is 94.8 Å². The molecule has 0 unspecified atom stereocenters. The molecule has 5 aromatic rings. The standard InChI is InChI=1S/C46H56N8O5/c1-26(2)40(49-29(6)58-7)44(55)53-19-9-10-38(53)42-47-24-37(51-42)35-18-17-33-21-32(15-16-34(33)22-35)30-11-13-31(14-12-30)36-23-48-43(50-36)39-20-28(5)25-54(39)45(56)41(27(3)4)52-46(57)59-8/h11-18,21-24,26-28,38-41,49H,6,9-10,19-20,25H2,1-5,7-8H3,(H,47,51)(H,48,50)(H,52,57)/t28-,38+,39+,40+,41+/m1/s1. The van der Waals surface area contributed by atoms with Crippen molar-refractivity contribution in [2.75, 3.05) is 27.3 Å². The molecule has 2 fully saturated rings. The van der Waals surface area contributed by atoms with Crippen molar-refractivity contribution >= 4 is 28.7 Å². The van der Waals surface area contributed by atoms with E-state index >= 15 is 0 Å². The lowest BCUT2D eigenvalue weighted by Gasteiger charge is -2.31. The van der Waals surface area contributed by atoms with Crippen molar-refractivity contribution in [3.8, 4) is 33.6 Å². The van der Waals surface area contributed by atoms with E-state index in [9.17, 15) is 14.4 Å². The van der Waals surface area contributed by atoms with Gasteiger partial charge in [0.2, 0.25) is 11.8 Å². The lowest BCUT2D eigenvalue weighted by Crippen LogP contribution is -2.51. The summed E-state index contributed by atoms with van der Waals surface area (Å²) in [5.41, 5.74) is 6.00. The molecule has 3 amide bonds. The summed E-state index contributed by atoms with van der Waals surface area (Å²) in [6, 6.07) is 19.8. The SMILES string of the molecule is C=C(N[C@H](C(=O)N1CCC[C@H]1c1ncc(-c2ccc3cc(-c4ccc(-c5cnc([C@@H]6C[C@@H](C)CN6C(=O)[C@@H](NC(=O)OC)C(C)C)[nH]5)cc4)ccc3c2)[nH]1)C(C)C)OC. The Labute approximate surface area is 346 Å². The van der Waals surface area contributed by atoms with E-state index in [1.807, 2.05) is 49.9 Å². The molecule has 0 spiro atoms. The summed E-state index contributed by atoms with van der Waals surface area (Å²) < 4.78 is 10.00. The van der Waals surface area contributed by atoms with Crippen molar-refractivity contribution in [1.29, 1.82) is 0 Å².